The molecule has 1 N–H and O–H groups in total. The van der Waals surface area contributed by atoms with Crippen LogP contribution in [0.15, 0.2) is 40.9 Å². The molecule has 118 valence electrons. The van der Waals surface area contributed by atoms with Crippen LogP contribution in [0.1, 0.15) is 16.4 Å². The number of carbonyl (C=O) groups excluding carboxylic acids is 1. The van der Waals surface area contributed by atoms with E-state index in [9.17, 15) is 4.79 Å². The molecule has 0 spiro atoms. The molecular formula is C17H15NO4S. The molecule has 0 amide bonds. The van der Waals surface area contributed by atoms with Gasteiger partial charge in [0.2, 0.25) is 0 Å². The van der Waals surface area contributed by atoms with Crippen LogP contribution >= 0.6 is 11.3 Å². The van der Waals surface area contributed by atoms with E-state index < -0.39 is 0 Å². The van der Waals surface area contributed by atoms with Gasteiger partial charge in [-0.1, -0.05) is 6.07 Å². The molecule has 0 unspecified atom stereocenters. The zero-order chi connectivity index (χ0) is 16.0. The van der Waals surface area contributed by atoms with E-state index in [2.05, 4.69) is 5.32 Å². The molecule has 5 nitrogen and oxygen atoms in total. The zero-order valence-corrected chi connectivity index (χ0v) is 13.5. The molecule has 3 heterocycles. The first kappa shape index (κ1) is 14.1. The summed E-state index contributed by atoms with van der Waals surface area (Å²) in [7, 11) is 3.24. The van der Waals surface area contributed by atoms with Crippen LogP contribution in [-0.4, -0.2) is 26.8 Å². The zero-order valence-electron chi connectivity index (χ0n) is 12.7. The van der Waals surface area contributed by atoms with Gasteiger partial charge in [0.1, 0.15) is 18.1 Å². The lowest BCUT2D eigenvalue weighted by Crippen LogP contribution is -2.20. The Hall–Kier alpha value is -2.47. The summed E-state index contributed by atoms with van der Waals surface area (Å²) in [4.78, 5) is 13.4. The number of carbonyl (C=O) groups is 1. The van der Waals surface area contributed by atoms with Crippen molar-refractivity contribution >= 4 is 23.0 Å². The Morgan fingerprint density at radius 1 is 1.30 bits per heavy atom. The summed E-state index contributed by atoms with van der Waals surface area (Å²) in [6, 6.07) is 7.78. The summed E-state index contributed by atoms with van der Waals surface area (Å²) in [6.45, 7) is 0.273. The van der Waals surface area contributed by atoms with Crippen molar-refractivity contribution in [2.75, 3.05) is 26.1 Å². The lowest BCUT2D eigenvalue weighted by atomic mass is 9.84. The molecule has 0 saturated carbocycles. The Morgan fingerprint density at radius 2 is 2.17 bits per heavy atom. The van der Waals surface area contributed by atoms with E-state index in [1.54, 1.807) is 25.6 Å². The van der Waals surface area contributed by atoms with Gasteiger partial charge in [-0.25, -0.2) is 4.79 Å². The molecule has 0 saturated heterocycles. The van der Waals surface area contributed by atoms with Crippen LogP contribution in [0.3, 0.4) is 0 Å². The summed E-state index contributed by atoms with van der Waals surface area (Å²) in [5, 5.41) is 5.32. The number of thiophene rings is 1. The summed E-state index contributed by atoms with van der Waals surface area (Å²) in [6.07, 6.45) is 0. The Morgan fingerprint density at radius 3 is 2.87 bits per heavy atom. The number of anilines is 1. The third-order valence-corrected chi connectivity index (χ3v) is 5.09. The first-order valence-corrected chi connectivity index (χ1v) is 8.07. The smallest absolute Gasteiger partial charge is 0.337 e. The standard InChI is InChI=1S/C17H15NO4S/c1-20-9-6-10-14(12(7-9)21-2)16(13-4-3-5-23-13)15-11(18-10)8-22-17(15)19/h3-7,16,18H,8H2,1-2H3/t16-/m1/s1. The van der Waals surface area contributed by atoms with Crippen molar-refractivity contribution in [3.8, 4) is 11.5 Å². The van der Waals surface area contributed by atoms with Crippen molar-refractivity contribution in [2.45, 2.75) is 5.92 Å². The number of cyclic esters (lactones) is 1. The molecule has 0 radical (unpaired) electrons. The maximum Gasteiger partial charge on any atom is 0.337 e. The molecule has 4 rings (SSSR count). The average Bonchev–Trinajstić information content (AvgIpc) is 3.22. The quantitative estimate of drug-likeness (QED) is 0.877. The number of esters is 1. The number of nitrogens with one attached hydrogen (secondary N) is 1. The van der Waals surface area contributed by atoms with Gasteiger partial charge in [0.15, 0.2) is 0 Å². The number of ether oxygens (including phenoxy) is 3. The maximum atomic E-state index is 12.3. The van der Waals surface area contributed by atoms with Crippen molar-refractivity contribution < 1.29 is 19.0 Å². The van der Waals surface area contributed by atoms with E-state index in [-0.39, 0.29) is 18.5 Å². The van der Waals surface area contributed by atoms with Crippen LogP contribution in [0.4, 0.5) is 5.69 Å². The summed E-state index contributed by atoms with van der Waals surface area (Å²) in [5.41, 5.74) is 3.31. The van der Waals surface area contributed by atoms with Crippen molar-refractivity contribution in [1.29, 1.82) is 0 Å². The second-order valence-electron chi connectivity index (χ2n) is 5.33. The van der Waals surface area contributed by atoms with Gasteiger partial charge in [-0.3, -0.25) is 0 Å². The predicted octanol–water partition coefficient (Wildman–Crippen LogP) is 3.13. The van der Waals surface area contributed by atoms with E-state index in [0.717, 1.165) is 21.8 Å². The molecule has 6 heteroatoms. The van der Waals surface area contributed by atoms with Gasteiger partial charge in [0.25, 0.3) is 0 Å². The van der Waals surface area contributed by atoms with Crippen LogP contribution in [0.5, 0.6) is 11.5 Å². The number of fused-ring (bicyclic) bond motifs is 1. The third-order valence-electron chi connectivity index (χ3n) is 4.15. The van der Waals surface area contributed by atoms with E-state index in [1.165, 1.54) is 0 Å². The largest absolute Gasteiger partial charge is 0.497 e. The van der Waals surface area contributed by atoms with Crippen molar-refractivity contribution in [1.82, 2.24) is 0 Å². The fourth-order valence-corrected chi connectivity index (χ4v) is 3.99. The van der Waals surface area contributed by atoms with Crippen molar-refractivity contribution in [2.24, 2.45) is 0 Å². The fraction of sp³-hybridized carbons (Fsp3) is 0.235. The van der Waals surface area contributed by atoms with Crippen molar-refractivity contribution in [3.63, 3.8) is 0 Å². The topological polar surface area (TPSA) is 56.8 Å². The summed E-state index contributed by atoms with van der Waals surface area (Å²) >= 11 is 1.62. The van der Waals surface area contributed by atoms with Crippen LogP contribution in [-0.2, 0) is 9.53 Å². The van der Waals surface area contributed by atoms with Gasteiger partial charge < -0.3 is 19.5 Å². The Balaban J connectivity index is 1.97. The average molecular weight is 329 g/mol. The minimum atomic E-state index is -0.269. The normalized spacial score (nSPS) is 18.9. The number of hydrogen-bond donors (Lipinski definition) is 1. The third kappa shape index (κ3) is 2.09. The monoisotopic (exact) mass is 329 g/mol. The Labute approximate surface area is 137 Å². The van der Waals surface area contributed by atoms with E-state index in [0.29, 0.717) is 17.1 Å². The van der Waals surface area contributed by atoms with Gasteiger partial charge in [-0.2, -0.15) is 0 Å². The second kappa shape index (κ2) is 5.31. The van der Waals surface area contributed by atoms with Gasteiger partial charge in [-0.05, 0) is 11.4 Å². The molecule has 0 bridgehead atoms. The highest BCUT2D eigenvalue weighted by Gasteiger charge is 2.40. The minimum Gasteiger partial charge on any atom is -0.497 e. The number of rotatable bonds is 3. The minimum absolute atomic E-state index is 0.183. The molecule has 0 fully saturated rings. The SMILES string of the molecule is COc1cc2c(c(OC)c1)[C@@H](c1cccs1)C1=C(COC1=O)N2. The van der Waals surface area contributed by atoms with Crippen LogP contribution in [0.2, 0.25) is 0 Å². The first-order chi connectivity index (χ1) is 11.2. The molecule has 1 aromatic carbocycles. The second-order valence-corrected chi connectivity index (χ2v) is 6.31. The maximum absolute atomic E-state index is 12.3. The van der Waals surface area contributed by atoms with Gasteiger partial charge in [0, 0.05) is 28.3 Å². The van der Waals surface area contributed by atoms with Gasteiger partial charge in [-0.15, -0.1) is 11.3 Å². The Kier molecular flexibility index (Phi) is 3.27. The molecule has 2 aliphatic rings. The van der Waals surface area contributed by atoms with E-state index in [1.807, 2.05) is 29.6 Å². The highest BCUT2D eigenvalue weighted by atomic mass is 32.1. The van der Waals surface area contributed by atoms with E-state index >= 15 is 0 Å². The van der Waals surface area contributed by atoms with Crippen LogP contribution in [0.25, 0.3) is 0 Å². The lowest BCUT2D eigenvalue weighted by molar-refractivity contribution is -0.136. The number of methoxy groups -OCH3 is 2. The molecular weight excluding hydrogens is 314 g/mol. The van der Waals surface area contributed by atoms with Crippen LogP contribution < -0.4 is 14.8 Å². The highest BCUT2D eigenvalue weighted by molar-refractivity contribution is 7.10. The van der Waals surface area contributed by atoms with Crippen LogP contribution in [0, 0.1) is 0 Å². The molecule has 2 aliphatic heterocycles. The van der Waals surface area contributed by atoms with Gasteiger partial charge >= 0.3 is 5.97 Å². The molecule has 0 aliphatic carbocycles. The molecule has 1 atom stereocenters. The summed E-state index contributed by atoms with van der Waals surface area (Å²) in [5.74, 6) is 0.940. The van der Waals surface area contributed by atoms with Gasteiger partial charge in [0.05, 0.1) is 31.4 Å². The predicted molar refractivity (Wildman–Crippen MR) is 87.3 cm³/mol. The number of hydrogen-bond acceptors (Lipinski definition) is 6. The number of benzene rings is 1. The summed E-state index contributed by atoms with van der Waals surface area (Å²) < 4.78 is 16.2. The lowest BCUT2D eigenvalue weighted by Gasteiger charge is -2.28. The van der Waals surface area contributed by atoms with Crippen molar-refractivity contribution in [3.05, 3.63) is 51.4 Å². The molecule has 23 heavy (non-hydrogen) atoms. The fourth-order valence-electron chi connectivity index (χ4n) is 3.15. The van der Waals surface area contributed by atoms with E-state index in [4.69, 9.17) is 14.2 Å². The molecule has 1 aromatic heterocycles. The molecule has 2 aromatic rings. The highest BCUT2D eigenvalue weighted by Crippen LogP contribution is 2.50. The Bertz CT molecular complexity index is 810. The first-order valence-electron chi connectivity index (χ1n) is 7.19.